The second kappa shape index (κ2) is 10.5. The standard InChI is InChI=1S/C23H29N3O4/c1-24-23(25-16-17-9-10-20(22(27)29-3)21(15-17)28-2)26-13-11-19(12-14-26)30-18-7-5-4-6-8-18/h4-10,15,19H,11-14,16H2,1-3H3,(H,24,25). The van der Waals surface area contributed by atoms with Gasteiger partial charge in [0.25, 0.3) is 0 Å². The van der Waals surface area contributed by atoms with Crippen molar-refractivity contribution in [3.8, 4) is 11.5 Å². The van der Waals surface area contributed by atoms with Crippen molar-refractivity contribution in [1.29, 1.82) is 0 Å². The summed E-state index contributed by atoms with van der Waals surface area (Å²) in [5.41, 5.74) is 1.40. The summed E-state index contributed by atoms with van der Waals surface area (Å²) in [6, 6.07) is 15.4. The summed E-state index contributed by atoms with van der Waals surface area (Å²) in [7, 11) is 4.69. The molecule has 1 saturated heterocycles. The van der Waals surface area contributed by atoms with Gasteiger partial charge in [0, 0.05) is 39.5 Å². The molecule has 1 aliphatic rings. The summed E-state index contributed by atoms with van der Waals surface area (Å²) >= 11 is 0. The SMILES string of the molecule is CN=C(NCc1ccc(C(=O)OC)c(OC)c1)N1CCC(Oc2ccccc2)CC1. The zero-order chi connectivity index (χ0) is 21.3. The highest BCUT2D eigenvalue weighted by Gasteiger charge is 2.23. The Labute approximate surface area is 177 Å². The Hall–Kier alpha value is -3.22. The lowest BCUT2D eigenvalue weighted by Gasteiger charge is -2.34. The van der Waals surface area contributed by atoms with Crippen LogP contribution in [-0.2, 0) is 11.3 Å². The van der Waals surface area contributed by atoms with Gasteiger partial charge in [0.15, 0.2) is 5.96 Å². The number of carbonyl (C=O) groups excluding carboxylic acids is 1. The van der Waals surface area contributed by atoms with Gasteiger partial charge >= 0.3 is 5.97 Å². The fourth-order valence-electron chi connectivity index (χ4n) is 3.51. The monoisotopic (exact) mass is 411 g/mol. The van der Waals surface area contributed by atoms with Crippen LogP contribution in [0.3, 0.4) is 0 Å². The number of aliphatic imine (C=N–C) groups is 1. The summed E-state index contributed by atoms with van der Waals surface area (Å²) in [6.45, 7) is 2.33. The number of benzene rings is 2. The maximum Gasteiger partial charge on any atom is 0.341 e. The number of guanidine groups is 1. The van der Waals surface area contributed by atoms with Gasteiger partial charge in [0.1, 0.15) is 23.2 Å². The maximum absolute atomic E-state index is 11.8. The molecule has 0 amide bonds. The highest BCUT2D eigenvalue weighted by Crippen LogP contribution is 2.22. The molecule has 1 fully saturated rings. The van der Waals surface area contributed by atoms with Crippen molar-refractivity contribution in [3.63, 3.8) is 0 Å². The predicted octanol–water partition coefficient (Wildman–Crippen LogP) is 3.10. The van der Waals surface area contributed by atoms with Gasteiger partial charge in [-0.05, 0) is 29.8 Å². The Morgan fingerprint density at radius 1 is 1.13 bits per heavy atom. The van der Waals surface area contributed by atoms with Gasteiger partial charge in [0.2, 0.25) is 0 Å². The minimum atomic E-state index is -0.414. The van der Waals surface area contributed by atoms with Crippen molar-refractivity contribution >= 4 is 11.9 Å². The molecule has 7 heteroatoms. The molecule has 2 aromatic rings. The van der Waals surface area contributed by atoms with Crippen molar-refractivity contribution in [2.24, 2.45) is 4.99 Å². The third kappa shape index (κ3) is 5.43. The molecule has 0 radical (unpaired) electrons. The van der Waals surface area contributed by atoms with Crippen molar-refractivity contribution in [1.82, 2.24) is 10.2 Å². The first kappa shape index (κ1) is 21.5. The van der Waals surface area contributed by atoms with Crippen molar-refractivity contribution in [2.45, 2.75) is 25.5 Å². The Balaban J connectivity index is 1.53. The molecule has 0 aliphatic carbocycles. The molecule has 160 valence electrons. The molecule has 0 aromatic heterocycles. The average Bonchev–Trinajstić information content (AvgIpc) is 2.80. The van der Waals surface area contributed by atoms with E-state index < -0.39 is 5.97 Å². The van der Waals surface area contributed by atoms with Crippen molar-refractivity contribution in [3.05, 3.63) is 59.7 Å². The fraction of sp³-hybridized carbons (Fsp3) is 0.391. The van der Waals surface area contributed by atoms with Gasteiger partial charge in [-0.3, -0.25) is 4.99 Å². The van der Waals surface area contributed by atoms with E-state index in [4.69, 9.17) is 14.2 Å². The Morgan fingerprint density at radius 2 is 1.87 bits per heavy atom. The molecule has 0 saturated carbocycles. The second-order valence-electron chi connectivity index (χ2n) is 7.04. The van der Waals surface area contributed by atoms with Crippen molar-refractivity contribution in [2.75, 3.05) is 34.4 Å². The number of carbonyl (C=O) groups is 1. The number of esters is 1. The lowest BCUT2D eigenvalue weighted by molar-refractivity contribution is 0.0597. The minimum absolute atomic E-state index is 0.219. The number of nitrogens with zero attached hydrogens (tertiary/aromatic N) is 2. The third-order valence-corrected chi connectivity index (χ3v) is 5.12. The first-order valence-electron chi connectivity index (χ1n) is 10.1. The quantitative estimate of drug-likeness (QED) is 0.447. The van der Waals surface area contributed by atoms with E-state index in [0.29, 0.717) is 17.9 Å². The molecule has 1 aliphatic heterocycles. The number of likely N-dealkylation sites (tertiary alicyclic amines) is 1. The van der Waals surface area contributed by atoms with Crippen LogP contribution in [-0.4, -0.2) is 57.3 Å². The molecule has 0 spiro atoms. The number of para-hydroxylation sites is 1. The van der Waals surface area contributed by atoms with Gasteiger partial charge in [-0.15, -0.1) is 0 Å². The van der Waals surface area contributed by atoms with E-state index in [2.05, 4.69) is 15.2 Å². The Kier molecular flexibility index (Phi) is 7.54. The number of hydrogen-bond acceptors (Lipinski definition) is 5. The van der Waals surface area contributed by atoms with E-state index in [1.54, 1.807) is 20.2 Å². The number of methoxy groups -OCH3 is 2. The van der Waals surface area contributed by atoms with Crippen LogP contribution < -0.4 is 14.8 Å². The summed E-state index contributed by atoms with van der Waals surface area (Å²) < 4.78 is 16.2. The van der Waals surface area contributed by atoms with Crippen LogP contribution in [0.15, 0.2) is 53.5 Å². The van der Waals surface area contributed by atoms with E-state index in [-0.39, 0.29) is 6.10 Å². The van der Waals surface area contributed by atoms with Crippen LogP contribution in [0.4, 0.5) is 0 Å². The summed E-state index contributed by atoms with van der Waals surface area (Å²) in [5.74, 6) is 1.85. The predicted molar refractivity (Wildman–Crippen MR) is 116 cm³/mol. The first-order valence-corrected chi connectivity index (χ1v) is 10.1. The van der Waals surface area contributed by atoms with E-state index in [1.165, 1.54) is 7.11 Å². The van der Waals surface area contributed by atoms with Gasteiger partial charge in [-0.1, -0.05) is 24.3 Å². The maximum atomic E-state index is 11.8. The molecule has 1 heterocycles. The Morgan fingerprint density at radius 3 is 2.50 bits per heavy atom. The highest BCUT2D eigenvalue weighted by atomic mass is 16.5. The van der Waals surface area contributed by atoms with Crippen LogP contribution in [0, 0.1) is 0 Å². The molecular weight excluding hydrogens is 382 g/mol. The molecule has 0 atom stereocenters. The molecule has 3 rings (SSSR count). The molecule has 1 N–H and O–H groups in total. The number of nitrogens with one attached hydrogen (secondary N) is 1. The third-order valence-electron chi connectivity index (χ3n) is 5.12. The van der Waals surface area contributed by atoms with Crippen molar-refractivity contribution < 1.29 is 19.0 Å². The lowest BCUT2D eigenvalue weighted by atomic mass is 10.1. The summed E-state index contributed by atoms with van der Waals surface area (Å²) in [5, 5.41) is 3.40. The molecule has 0 unspecified atom stereocenters. The molecule has 2 aromatic carbocycles. The zero-order valence-corrected chi connectivity index (χ0v) is 17.8. The topological polar surface area (TPSA) is 72.4 Å². The van der Waals surface area contributed by atoms with Gasteiger partial charge in [0.05, 0.1) is 14.2 Å². The molecule has 0 bridgehead atoms. The number of rotatable bonds is 6. The van der Waals surface area contributed by atoms with E-state index in [0.717, 1.165) is 43.2 Å². The van der Waals surface area contributed by atoms with Crippen LogP contribution >= 0.6 is 0 Å². The largest absolute Gasteiger partial charge is 0.496 e. The summed E-state index contributed by atoms with van der Waals surface area (Å²) in [6.07, 6.45) is 2.10. The molecule has 7 nitrogen and oxygen atoms in total. The number of piperidine rings is 1. The van der Waals surface area contributed by atoms with E-state index in [9.17, 15) is 4.79 Å². The van der Waals surface area contributed by atoms with Crippen LogP contribution in [0.1, 0.15) is 28.8 Å². The minimum Gasteiger partial charge on any atom is -0.496 e. The second-order valence-corrected chi connectivity index (χ2v) is 7.04. The fourth-order valence-corrected chi connectivity index (χ4v) is 3.51. The van der Waals surface area contributed by atoms with Crippen LogP contribution in [0.25, 0.3) is 0 Å². The van der Waals surface area contributed by atoms with Crippen LogP contribution in [0.2, 0.25) is 0 Å². The number of ether oxygens (including phenoxy) is 3. The van der Waals surface area contributed by atoms with E-state index >= 15 is 0 Å². The smallest absolute Gasteiger partial charge is 0.341 e. The number of hydrogen-bond donors (Lipinski definition) is 1. The normalized spacial score (nSPS) is 14.9. The Bertz CT molecular complexity index is 862. The molecular formula is C23H29N3O4. The lowest BCUT2D eigenvalue weighted by Crippen LogP contribution is -2.47. The molecule has 30 heavy (non-hydrogen) atoms. The average molecular weight is 412 g/mol. The van der Waals surface area contributed by atoms with Gasteiger partial charge in [-0.25, -0.2) is 4.79 Å². The zero-order valence-electron chi connectivity index (χ0n) is 17.8. The first-order chi connectivity index (χ1) is 14.6. The highest BCUT2D eigenvalue weighted by molar-refractivity contribution is 5.92. The van der Waals surface area contributed by atoms with Gasteiger partial charge < -0.3 is 24.4 Å². The van der Waals surface area contributed by atoms with Gasteiger partial charge in [-0.2, -0.15) is 0 Å². The van der Waals surface area contributed by atoms with E-state index in [1.807, 2.05) is 42.5 Å². The van der Waals surface area contributed by atoms with Crippen LogP contribution in [0.5, 0.6) is 11.5 Å². The summed E-state index contributed by atoms with van der Waals surface area (Å²) in [4.78, 5) is 18.5.